The molecule has 0 saturated heterocycles. The van der Waals surface area contributed by atoms with Gasteiger partial charge >= 0.3 is 0 Å². The second-order valence-corrected chi connectivity index (χ2v) is 5.14. The van der Waals surface area contributed by atoms with Gasteiger partial charge in [-0.05, 0) is 19.1 Å². The van der Waals surface area contributed by atoms with Crippen LogP contribution in [0.3, 0.4) is 0 Å². The number of nitrogens with zero attached hydrogens (tertiary/aromatic N) is 3. The number of imidazole rings is 1. The molecule has 0 spiro atoms. The van der Waals surface area contributed by atoms with Crippen LogP contribution >= 0.6 is 23.2 Å². The molecule has 0 aliphatic heterocycles. The topological polar surface area (TPSA) is 51.5 Å². The highest BCUT2D eigenvalue weighted by atomic mass is 35.5. The van der Waals surface area contributed by atoms with Gasteiger partial charge < -0.3 is 10.1 Å². The zero-order valence-corrected chi connectivity index (χ0v) is 12.7. The molecule has 1 N–H and O–H groups in total. The summed E-state index contributed by atoms with van der Waals surface area (Å²) in [6.45, 7) is 2.75. The van der Waals surface area contributed by atoms with Crippen LogP contribution in [0.1, 0.15) is 6.92 Å². The second kappa shape index (κ2) is 5.79. The van der Waals surface area contributed by atoms with Crippen molar-refractivity contribution in [1.82, 2.24) is 14.4 Å². The Hall–Kier alpha value is -1.98. The van der Waals surface area contributed by atoms with E-state index in [2.05, 4.69) is 15.3 Å². The molecular formula is C14H12Cl2N4O. The maximum Gasteiger partial charge on any atom is 0.265 e. The molecule has 0 atom stereocenters. The number of benzene rings is 1. The minimum atomic E-state index is 0.364. The molecule has 108 valence electrons. The molecule has 7 heteroatoms. The lowest BCUT2D eigenvalue weighted by Crippen LogP contribution is -2.03. The molecule has 2 aromatic heterocycles. The van der Waals surface area contributed by atoms with E-state index >= 15 is 0 Å². The van der Waals surface area contributed by atoms with Gasteiger partial charge in [-0.1, -0.05) is 23.2 Å². The van der Waals surface area contributed by atoms with Crippen molar-refractivity contribution in [2.75, 3.05) is 11.9 Å². The Labute approximate surface area is 131 Å². The average Bonchev–Trinajstić information content (AvgIpc) is 2.92. The van der Waals surface area contributed by atoms with Crippen molar-refractivity contribution in [2.45, 2.75) is 6.92 Å². The van der Waals surface area contributed by atoms with Gasteiger partial charge in [-0.15, -0.1) is 0 Å². The quantitative estimate of drug-likeness (QED) is 0.779. The Balaban J connectivity index is 2.06. The Morgan fingerprint density at radius 1 is 1.33 bits per heavy atom. The molecule has 5 nitrogen and oxygen atoms in total. The lowest BCUT2D eigenvalue weighted by molar-refractivity contribution is 0.466. The normalized spacial score (nSPS) is 10.8. The van der Waals surface area contributed by atoms with Gasteiger partial charge in [-0.25, -0.2) is 4.98 Å². The molecule has 0 radical (unpaired) electrons. The van der Waals surface area contributed by atoms with E-state index in [4.69, 9.17) is 27.9 Å². The van der Waals surface area contributed by atoms with Crippen LogP contribution in [-0.2, 0) is 0 Å². The molecule has 3 rings (SSSR count). The number of anilines is 1. The number of nitrogens with one attached hydrogen (secondary N) is 1. The minimum Gasteiger partial charge on any atom is -0.434 e. The van der Waals surface area contributed by atoms with Crippen LogP contribution in [0.2, 0.25) is 10.0 Å². The van der Waals surface area contributed by atoms with Gasteiger partial charge in [0, 0.05) is 30.0 Å². The average molecular weight is 323 g/mol. The minimum absolute atomic E-state index is 0.364. The lowest BCUT2D eigenvalue weighted by Gasteiger charge is -2.10. The number of halogens is 2. The van der Waals surface area contributed by atoms with Crippen LogP contribution in [0.15, 0.2) is 36.8 Å². The molecule has 0 bridgehead atoms. The highest BCUT2D eigenvalue weighted by Crippen LogP contribution is 2.32. The number of aromatic nitrogens is 3. The summed E-state index contributed by atoms with van der Waals surface area (Å²) in [5.41, 5.74) is 0.604. The van der Waals surface area contributed by atoms with Crippen LogP contribution < -0.4 is 10.1 Å². The van der Waals surface area contributed by atoms with E-state index < -0.39 is 0 Å². The second-order valence-electron chi connectivity index (χ2n) is 4.30. The van der Waals surface area contributed by atoms with Crippen molar-refractivity contribution in [1.29, 1.82) is 0 Å². The summed E-state index contributed by atoms with van der Waals surface area (Å²) in [6, 6.07) is 5.02. The zero-order valence-electron chi connectivity index (χ0n) is 11.2. The summed E-state index contributed by atoms with van der Waals surface area (Å²) in [6.07, 6.45) is 5.35. The summed E-state index contributed by atoms with van der Waals surface area (Å²) >= 11 is 12.1. The van der Waals surface area contributed by atoms with E-state index in [1.807, 2.05) is 23.7 Å². The van der Waals surface area contributed by atoms with E-state index in [9.17, 15) is 0 Å². The molecular weight excluding hydrogens is 311 g/mol. The molecule has 0 aliphatic carbocycles. The predicted octanol–water partition coefficient (Wildman–Crippen LogP) is 4.26. The fourth-order valence-electron chi connectivity index (χ4n) is 1.90. The number of hydrogen-bond acceptors (Lipinski definition) is 4. The molecule has 21 heavy (non-hydrogen) atoms. The molecule has 1 aromatic carbocycles. The third-order valence-corrected chi connectivity index (χ3v) is 3.35. The van der Waals surface area contributed by atoms with Gasteiger partial charge in [-0.2, -0.15) is 4.98 Å². The van der Waals surface area contributed by atoms with Crippen molar-refractivity contribution in [3.05, 3.63) is 46.8 Å². The molecule has 0 amide bonds. The molecule has 0 unspecified atom stereocenters. The monoisotopic (exact) mass is 322 g/mol. The smallest absolute Gasteiger partial charge is 0.265 e. The van der Waals surface area contributed by atoms with E-state index in [-0.39, 0.29) is 0 Å². The van der Waals surface area contributed by atoms with Crippen molar-refractivity contribution < 1.29 is 4.74 Å². The third kappa shape index (κ3) is 2.89. The number of ether oxygens (including phenoxy) is 1. The highest BCUT2D eigenvalue weighted by molar-refractivity contribution is 6.34. The van der Waals surface area contributed by atoms with E-state index in [1.165, 1.54) is 0 Å². The standard InChI is InChI=1S/C14H12Cl2N4O/c1-2-17-12-8-20-6-5-18-13(20)14(19-12)21-11-7-9(15)3-4-10(11)16/h3-8,17H,2H2,1H3. The summed E-state index contributed by atoms with van der Waals surface area (Å²) in [5, 5.41) is 4.14. The van der Waals surface area contributed by atoms with Crippen LogP contribution in [0.25, 0.3) is 5.65 Å². The maximum absolute atomic E-state index is 6.12. The predicted molar refractivity (Wildman–Crippen MR) is 83.7 cm³/mol. The Morgan fingerprint density at radius 2 is 2.19 bits per heavy atom. The molecule has 0 saturated carbocycles. The molecule has 3 aromatic rings. The Morgan fingerprint density at radius 3 is 3.00 bits per heavy atom. The summed E-state index contributed by atoms with van der Waals surface area (Å²) in [4.78, 5) is 8.65. The van der Waals surface area contributed by atoms with E-state index in [1.54, 1.807) is 24.4 Å². The van der Waals surface area contributed by atoms with Crippen LogP contribution in [-0.4, -0.2) is 20.9 Å². The zero-order chi connectivity index (χ0) is 14.8. The maximum atomic E-state index is 6.12. The highest BCUT2D eigenvalue weighted by Gasteiger charge is 2.12. The van der Waals surface area contributed by atoms with Gasteiger partial charge in [0.1, 0.15) is 11.6 Å². The van der Waals surface area contributed by atoms with E-state index in [0.717, 1.165) is 6.54 Å². The molecule has 0 fully saturated rings. The van der Waals surface area contributed by atoms with Crippen LogP contribution in [0.5, 0.6) is 11.6 Å². The summed E-state index contributed by atoms with van der Waals surface area (Å²) < 4.78 is 7.63. The molecule has 0 aliphatic rings. The van der Waals surface area contributed by atoms with Gasteiger partial charge in [0.05, 0.1) is 11.2 Å². The van der Waals surface area contributed by atoms with Crippen LogP contribution in [0, 0.1) is 0 Å². The van der Waals surface area contributed by atoms with Gasteiger partial charge in [0.25, 0.3) is 5.88 Å². The number of rotatable bonds is 4. The van der Waals surface area contributed by atoms with Crippen LogP contribution in [0.4, 0.5) is 5.82 Å². The largest absolute Gasteiger partial charge is 0.434 e. The summed E-state index contributed by atoms with van der Waals surface area (Å²) in [5.74, 6) is 1.49. The lowest BCUT2D eigenvalue weighted by atomic mass is 10.3. The van der Waals surface area contributed by atoms with Crippen molar-refractivity contribution in [3.8, 4) is 11.6 Å². The van der Waals surface area contributed by atoms with Gasteiger partial charge in [-0.3, -0.25) is 4.40 Å². The third-order valence-electron chi connectivity index (χ3n) is 2.80. The van der Waals surface area contributed by atoms with Crippen molar-refractivity contribution >= 4 is 34.7 Å². The Bertz CT molecular complexity index is 788. The number of hydrogen-bond donors (Lipinski definition) is 1. The first-order valence-electron chi connectivity index (χ1n) is 6.38. The first kappa shape index (κ1) is 14.0. The molecule has 2 heterocycles. The summed E-state index contributed by atoms with van der Waals surface area (Å²) in [7, 11) is 0. The van der Waals surface area contributed by atoms with Gasteiger partial charge in [0.2, 0.25) is 5.65 Å². The SMILES string of the molecule is CCNc1cn2ccnc2c(Oc2cc(Cl)ccc2Cl)n1. The van der Waals surface area contributed by atoms with E-state index in [0.29, 0.717) is 33.1 Å². The first-order valence-corrected chi connectivity index (χ1v) is 7.13. The Kier molecular flexibility index (Phi) is 3.86. The first-order chi connectivity index (χ1) is 10.2. The van der Waals surface area contributed by atoms with Crippen molar-refractivity contribution in [3.63, 3.8) is 0 Å². The van der Waals surface area contributed by atoms with Gasteiger partial charge in [0.15, 0.2) is 0 Å². The fourth-order valence-corrected chi connectivity index (χ4v) is 2.22. The number of fused-ring (bicyclic) bond motifs is 1. The van der Waals surface area contributed by atoms with Crippen molar-refractivity contribution in [2.24, 2.45) is 0 Å². The fraction of sp³-hybridized carbons (Fsp3) is 0.143.